The molecule has 0 spiro atoms. The molecule has 0 radical (unpaired) electrons. The third-order valence-electron chi connectivity index (χ3n) is 3.73. The molecule has 1 aliphatic rings. The summed E-state index contributed by atoms with van der Waals surface area (Å²) in [6, 6.07) is 5.73. The molecule has 1 fully saturated rings. The van der Waals surface area contributed by atoms with Gasteiger partial charge in [-0.25, -0.2) is 9.07 Å². The van der Waals surface area contributed by atoms with E-state index in [9.17, 15) is 14.3 Å². The molecular formula is C14H15FN4O2. The van der Waals surface area contributed by atoms with Crippen molar-refractivity contribution in [2.45, 2.75) is 12.8 Å². The lowest BCUT2D eigenvalue weighted by atomic mass is 10.1. The fourth-order valence-electron chi connectivity index (χ4n) is 2.01. The first-order valence-corrected chi connectivity index (χ1v) is 6.69. The van der Waals surface area contributed by atoms with Crippen LogP contribution in [-0.4, -0.2) is 39.2 Å². The van der Waals surface area contributed by atoms with Gasteiger partial charge in [-0.15, -0.1) is 5.10 Å². The molecule has 1 aromatic carbocycles. The van der Waals surface area contributed by atoms with E-state index in [0.29, 0.717) is 12.2 Å². The van der Waals surface area contributed by atoms with Crippen LogP contribution in [0.4, 0.5) is 4.39 Å². The summed E-state index contributed by atoms with van der Waals surface area (Å²) in [4.78, 5) is 12.0. The Hall–Kier alpha value is -2.28. The monoisotopic (exact) mass is 290 g/mol. The van der Waals surface area contributed by atoms with Gasteiger partial charge < -0.3 is 10.4 Å². The highest BCUT2D eigenvalue weighted by molar-refractivity contribution is 5.91. The van der Waals surface area contributed by atoms with Crippen molar-refractivity contribution in [2.75, 3.05) is 13.2 Å². The first-order valence-electron chi connectivity index (χ1n) is 6.69. The van der Waals surface area contributed by atoms with E-state index in [1.54, 1.807) is 12.1 Å². The maximum atomic E-state index is 12.9. The van der Waals surface area contributed by atoms with Gasteiger partial charge in [0.05, 0.1) is 18.5 Å². The number of benzene rings is 1. The molecule has 2 N–H and O–H groups in total. The number of hydrogen-bond acceptors (Lipinski definition) is 4. The maximum absolute atomic E-state index is 12.9. The van der Waals surface area contributed by atoms with Crippen molar-refractivity contribution in [1.82, 2.24) is 20.3 Å². The number of halogens is 1. The molecule has 1 aromatic heterocycles. The molecule has 6 nitrogen and oxygen atoms in total. The Bertz CT molecular complexity index is 649. The van der Waals surface area contributed by atoms with E-state index in [-0.39, 0.29) is 29.4 Å². The third-order valence-corrected chi connectivity index (χ3v) is 3.73. The molecule has 1 heterocycles. The van der Waals surface area contributed by atoms with Gasteiger partial charge >= 0.3 is 0 Å². The van der Waals surface area contributed by atoms with Gasteiger partial charge in [0, 0.05) is 12.0 Å². The Morgan fingerprint density at radius 3 is 2.71 bits per heavy atom. The Morgan fingerprint density at radius 1 is 1.38 bits per heavy atom. The van der Waals surface area contributed by atoms with Gasteiger partial charge in [0.2, 0.25) is 0 Å². The molecule has 0 aliphatic heterocycles. The summed E-state index contributed by atoms with van der Waals surface area (Å²) >= 11 is 0. The van der Waals surface area contributed by atoms with Crippen LogP contribution in [0, 0.1) is 11.2 Å². The molecule has 110 valence electrons. The van der Waals surface area contributed by atoms with E-state index < -0.39 is 0 Å². The highest BCUT2D eigenvalue weighted by Gasteiger charge is 2.42. The van der Waals surface area contributed by atoms with Gasteiger partial charge in [-0.3, -0.25) is 4.79 Å². The standard InChI is InChI=1S/C14H15FN4O2/c15-10-1-3-11(4-2-10)19-7-12(17-18-19)13(21)16-8-14(9-20)5-6-14/h1-4,7,20H,5-6,8-9H2,(H,16,21). The lowest BCUT2D eigenvalue weighted by molar-refractivity contribution is 0.0930. The fourth-order valence-corrected chi connectivity index (χ4v) is 2.01. The van der Waals surface area contributed by atoms with Crippen LogP contribution < -0.4 is 5.32 Å². The number of nitrogens with zero attached hydrogens (tertiary/aromatic N) is 3. The maximum Gasteiger partial charge on any atom is 0.273 e. The number of aliphatic hydroxyl groups excluding tert-OH is 1. The second kappa shape index (κ2) is 5.25. The summed E-state index contributed by atoms with van der Waals surface area (Å²) in [6.45, 7) is 0.515. The van der Waals surface area contributed by atoms with Crippen LogP contribution in [0.3, 0.4) is 0 Å². The average Bonchev–Trinajstić information content (AvgIpc) is 3.12. The van der Waals surface area contributed by atoms with Gasteiger partial charge in [-0.1, -0.05) is 5.21 Å². The smallest absolute Gasteiger partial charge is 0.273 e. The van der Waals surface area contributed by atoms with E-state index >= 15 is 0 Å². The Morgan fingerprint density at radius 2 is 2.10 bits per heavy atom. The predicted octanol–water partition coefficient (Wildman–Crippen LogP) is 0.909. The zero-order valence-electron chi connectivity index (χ0n) is 11.3. The Labute approximate surface area is 120 Å². The molecule has 3 rings (SSSR count). The van der Waals surface area contributed by atoms with E-state index in [1.165, 1.54) is 23.0 Å². The number of carbonyl (C=O) groups excluding carboxylic acids is 1. The number of carbonyl (C=O) groups is 1. The molecule has 0 unspecified atom stereocenters. The highest BCUT2D eigenvalue weighted by atomic mass is 19.1. The van der Waals surface area contributed by atoms with Crippen LogP contribution in [0.25, 0.3) is 5.69 Å². The number of rotatable bonds is 5. The van der Waals surface area contributed by atoms with Crippen molar-refractivity contribution in [3.63, 3.8) is 0 Å². The zero-order valence-corrected chi connectivity index (χ0v) is 11.3. The largest absolute Gasteiger partial charge is 0.396 e. The number of aromatic nitrogens is 3. The normalized spacial score (nSPS) is 15.7. The van der Waals surface area contributed by atoms with Crippen molar-refractivity contribution in [2.24, 2.45) is 5.41 Å². The van der Waals surface area contributed by atoms with Crippen molar-refractivity contribution >= 4 is 5.91 Å². The van der Waals surface area contributed by atoms with Crippen LogP contribution in [0.15, 0.2) is 30.5 Å². The van der Waals surface area contributed by atoms with E-state index in [1.807, 2.05) is 0 Å². The Kier molecular flexibility index (Phi) is 3.42. The van der Waals surface area contributed by atoms with Gasteiger partial charge in [-0.2, -0.15) is 0 Å². The number of aliphatic hydroxyl groups is 1. The van der Waals surface area contributed by atoms with E-state index in [4.69, 9.17) is 0 Å². The first-order chi connectivity index (χ1) is 10.1. The summed E-state index contributed by atoms with van der Waals surface area (Å²) in [6.07, 6.45) is 3.33. The van der Waals surface area contributed by atoms with Crippen LogP contribution in [0.2, 0.25) is 0 Å². The fraction of sp³-hybridized carbons (Fsp3) is 0.357. The van der Waals surface area contributed by atoms with Crippen molar-refractivity contribution in [1.29, 1.82) is 0 Å². The quantitative estimate of drug-likeness (QED) is 0.857. The molecule has 2 aromatic rings. The lowest BCUT2D eigenvalue weighted by Crippen LogP contribution is -2.32. The second-order valence-electron chi connectivity index (χ2n) is 5.37. The molecular weight excluding hydrogens is 275 g/mol. The topological polar surface area (TPSA) is 80.0 Å². The summed E-state index contributed by atoms with van der Waals surface area (Å²) in [5, 5.41) is 19.6. The van der Waals surface area contributed by atoms with Crippen molar-refractivity contribution < 1.29 is 14.3 Å². The number of amides is 1. The van der Waals surface area contributed by atoms with Crippen LogP contribution >= 0.6 is 0 Å². The molecule has 1 amide bonds. The number of nitrogens with one attached hydrogen (secondary N) is 1. The highest BCUT2D eigenvalue weighted by Crippen LogP contribution is 2.44. The van der Waals surface area contributed by atoms with Crippen molar-refractivity contribution in [3.8, 4) is 5.69 Å². The van der Waals surface area contributed by atoms with E-state index in [0.717, 1.165) is 12.8 Å². The molecule has 0 atom stereocenters. The molecule has 0 bridgehead atoms. The summed E-state index contributed by atoms with van der Waals surface area (Å²) in [7, 11) is 0. The third kappa shape index (κ3) is 2.92. The second-order valence-corrected chi connectivity index (χ2v) is 5.37. The summed E-state index contributed by atoms with van der Waals surface area (Å²) in [5.41, 5.74) is 0.660. The SMILES string of the molecule is O=C(NCC1(CO)CC1)c1cn(-c2ccc(F)cc2)nn1. The molecule has 1 saturated carbocycles. The minimum atomic E-state index is -0.337. The minimum Gasteiger partial charge on any atom is -0.396 e. The predicted molar refractivity (Wildman–Crippen MR) is 72.4 cm³/mol. The summed E-state index contributed by atoms with van der Waals surface area (Å²) in [5.74, 6) is -0.668. The van der Waals surface area contributed by atoms with E-state index in [2.05, 4.69) is 15.6 Å². The van der Waals surface area contributed by atoms with Crippen LogP contribution in [-0.2, 0) is 0 Å². The molecule has 1 aliphatic carbocycles. The molecule has 21 heavy (non-hydrogen) atoms. The number of hydrogen-bond donors (Lipinski definition) is 2. The van der Waals surface area contributed by atoms with Crippen LogP contribution in [0.1, 0.15) is 23.3 Å². The average molecular weight is 290 g/mol. The van der Waals surface area contributed by atoms with Gasteiger partial charge in [-0.05, 0) is 37.1 Å². The molecule has 0 saturated heterocycles. The van der Waals surface area contributed by atoms with Crippen LogP contribution in [0.5, 0.6) is 0 Å². The van der Waals surface area contributed by atoms with Gasteiger partial charge in [0.1, 0.15) is 5.82 Å². The zero-order chi connectivity index (χ0) is 14.9. The lowest BCUT2D eigenvalue weighted by Gasteiger charge is -2.11. The molecule has 7 heteroatoms. The Balaban J connectivity index is 1.66. The van der Waals surface area contributed by atoms with Gasteiger partial charge in [0.25, 0.3) is 5.91 Å². The first kappa shape index (κ1) is 13.7. The van der Waals surface area contributed by atoms with Crippen molar-refractivity contribution in [3.05, 3.63) is 42.0 Å². The summed E-state index contributed by atoms with van der Waals surface area (Å²) < 4.78 is 14.3. The minimum absolute atomic E-state index is 0.0789. The van der Waals surface area contributed by atoms with Gasteiger partial charge in [0.15, 0.2) is 5.69 Å².